The van der Waals surface area contributed by atoms with E-state index in [1.807, 2.05) is 46.7 Å². The van der Waals surface area contributed by atoms with Gasteiger partial charge in [0.2, 0.25) is 23.5 Å². The molecule has 1 N–H and O–H groups in total. The van der Waals surface area contributed by atoms with Crippen molar-refractivity contribution in [1.82, 2.24) is 15.0 Å². The van der Waals surface area contributed by atoms with Crippen LogP contribution in [-0.2, 0) is 22.6 Å². The molecule has 0 unspecified atom stereocenters. The highest BCUT2D eigenvalue weighted by molar-refractivity contribution is 7.13. The van der Waals surface area contributed by atoms with E-state index in [0.717, 1.165) is 29.1 Å². The summed E-state index contributed by atoms with van der Waals surface area (Å²) in [4.78, 5) is 31.2. The van der Waals surface area contributed by atoms with Gasteiger partial charge < -0.3 is 14.7 Å². The second-order valence-corrected chi connectivity index (χ2v) is 7.96. The molecule has 3 heterocycles. The van der Waals surface area contributed by atoms with Gasteiger partial charge in [0.15, 0.2) is 0 Å². The fourth-order valence-corrected chi connectivity index (χ4v) is 3.97. The largest absolute Gasteiger partial charge is 0.339 e. The van der Waals surface area contributed by atoms with Gasteiger partial charge in [-0.1, -0.05) is 23.4 Å². The highest BCUT2D eigenvalue weighted by Gasteiger charge is 2.20. The third-order valence-corrected chi connectivity index (χ3v) is 5.63. The normalized spacial score (nSPS) is 13.8. The number of aromatic nitrogens is 2. The Morgan fingerprint density at radius 3 is 3.00 bits per heavy atom. The topological polar surface area (TPSA) is 88.3 Å². The molecule has 0 aliphatic carbocycles. The molecule has 0 atom stereocenters. The van der Waals surface area contributed by atoms with E-state index in [-0.39, 0.29) is 11.8 Å². The Balaban J connectivity index is 1.24. The molecule has 1 saturated heterocycles. The van der Waals surface area contributed by atoms with Crippen LogP contribution < -0.4 is 5.32 Å². The Kier molecular flexibility index (Phi) is 6.00. The number of amides is 2. The average Bonchev–Trinajstić information content (AvgIpc) is 3.45. The molecule has 7 nitrogen and oxygen atoms in total. The molecule has 1 aliphatic heterocycles. The molecule has 2 aromatic heterocycles. The van der Waals surface area contributed by atoms with Crippen molar-refractivity contribution in [1.29, 1.82) is 0 Å². The van der Waals surface area contributed by atoms with Crippen LogP contribution in [0.15, 0.2) is 46.3 Å². The van der Waals surface area contributed by atoms with Crippen molar-refractivity contribution < 1.29 is 14.1 Å². The van der Waals surface area contributed by atoms with Gasteiger partial charge >= 0.3 is 0 Å². The van der Waals surface area contributed by atoms with Crippen molar-refractivity contribution in [3.63, 3.8) is 0 Å². The number of nitrogens with one attached hydrogen (secondary N) is 1. The molecule has 0 bridgehead atoms. The first-order chi connectivity index (χ1) is 14.2. The molecule has 1 fully saturated rings. The lowest BCUT2D eigenvalue weighted by Gasteiger charge is -2.16. The van der Waals surface area contributed by atoms with Crippen LogP contribution in [0.25, 0.3) is 10.7 Å². The fourth-order valence-electron chi connectivity index (χ4n) is 3.32. The molecule has 29 heavy (non-hydrogen) atoms. The summed E-state index contributed by atoms with van der Waals surface area (Å²) in [6.45, 7) is 1.39. The Bertz CT molecular complexity index is 983. The number of nitrogens with zero attached hydrogens (tertiary/aromatic N) is 3. The first kappa shape index (κ1) is 19.3. The van der Waals surface area contributed by atoms with Crippen LogP contribution >= 0.6 is 11.3 Å². The zero-order valence-electron chi connectivity index (χ0n) is 16.0. The summed E-state index contributed by atoms with van der Waals surface area (Å²) in [6, 6.07) is 11.5. The number of likely N-dealkylation sites (tertiary alicyclic amines) is 1. The Morgan fingerprint density at radius 2 is 2.21 bits per heavy atom. The molecule has 3 aromatic rings. The van der Waals surface area contributed by atoms with Gasteiger partial charge in [-0.3, -0.25) is 9.59 Å². The summed E-state index contributed by atoms with van der Waals surface area (Å²) in [5, 5.41) is 8.87. The molecule has 8 heteroatoms. The van der Waals surface area contributed by atoms with Gasteiger partial charge in [0.1, 0.15) is 0 Å². The second-order valence-electron chi connectivity index (χ2n) is 7.01. The maximum absolute atomic E-state index is 12.3. The van der Waals surface area contributed by atoms with Crippen molar-refractivity contribution >= 4 is 28.8 Å². The molecule has 150 valence electrons. The zero-order chi connectivity index (χ0) is 20.1. The maximum Gasteiger partial charge on any atom is 0.226 e. The van der Waals surface area contributed by atoms with Crippen molar-refractivity contribution in [2.45, 2.75) is 38.6 Å². The molecular weight excluding hydrogens is 388 g/mol. The van der Waals surface area contributed by atoms with Gasteiger partial charge in [-0.25, -0.2) is 0 Å². The number of thiophene rings is 1. The predicted molar refractivity (Wildman–Crippen MR) is 110 cm³/mol. The van der Waals surface area contributed by atoms with Crippen LogP contribution in [0, 0.1) is 0 Å². The van der Waals surface area contributed by atoms with E-state index in [2.05, 4.69) is 15.5 Å². The third-order valence-electron chi connectivity index (χ3n) is 4.76. The van der Waals surface area contributed by atoms with Crippen LogP contribution in [-0.4, -0.2) is 33.4 Å². The lowest BCUT2D eigenvalue weighted by molar-refractivity contribution is -0.128. The van der Waals surface area contributed by atoms with Crippen LogP contribution in [0.5, 0.6) is 0 Å². The number of aryl methyl sites for hydroxylation is 1. The van der Waals surface area contributed by atoms with E-state index in [4.69, 9.17) is 4.52 Å². The summed E-state index contributed by atoms with van der Waals surface area (Å²) in [5.74, 6) is 1.27. The summed E-state index contributed by atoms with van der Waals surface area (Å²) in [5.41, 5.74) is 1.77. The predicted octanol–water partition coefficient (Wildman–Crippen LogP) is 3.88. The third kappa shape index (κ3) is 5.08. The average molecular weight is 410 g/mol. The Morgan fingerprint density at radius 1 is 1.28 bits per heavy atom. The monoisotopic (exact) mass is 410 g/mol. The van der Waals surface area contributed by atoms with Crippen molar-refractivity contribution in [2.75, 3.05) is 11.9 Å². The highest BCUT2D eigenvalue weighted by atomic mass is 32.1. The van der Waals surface area contributed by atoms with E-state index >= 15 is 0 Å². The first-order valence-corrected chi connectivity index (χ1v) is 10.6. The van der Waals surface area contributed by atoms with Gasteiger partial charge in [-0.2, -0.15) is 4.98 Å². The molecule has 0 saturated carbocycles. The molecule has 1 aromatic carbocycles. The van der Waals surface area contributed by atoms with Gasteiger partial charge in [0.25, 0.3) is 0 Å². The van der Waals surface area contributed by atoms with Crippen LogP contribution in [0.3, 0.4) is 0 Å². The molecule has 4 rings (SSSR count). The summed E-state index contributed by atoms with van der Waals surface area (Å²) in [7, 11) is 0. The summed E-state index contributed by atoms with van der Waals surface area (Å²) < 4.78 is 5.26. The van der Waals surface area contributed by atoms with Crippen LogP contribution in [0.1, 0.15) is 37.1 Å². The number of hydrogen-bond acceptors (Lipinski definition) is 6. The zero-order valence-corrected chi connectivity index (χ0v) is 16.8. The Hall–Kier alpha value is -3.00. The van der Waals surface area contributed by atoms with E-state index in [0.29, 0.717) is 43.9 Å². The van der Waals surface area contributed by atoms with Gasteiger partial charge in [-0.15, -0.1) is 11.3 Å². The maximum atomic E-state index is 12.3. The van der Waals surface area contributed by atoms with E-state index in [1.165, 1.54) is 0 Å². The van der Waals surface area contributed by atoms with E-state index in [1.54, 1.807) is 11.3 Å². The quantitative estimate of drug-likeness (QED) is 0.609. The summed E-state index contributed by atoms with van der Waals surface area (Å²) in [6.07, 6.45) is 3.10. The fraction of sp³-hybridized carbons (Fsp3) is 0.333. The lowest BCUT2D eigenvalue weighted by Crippen LogP contribution is -2.23. The van der Waals surface area contributed by atoms with Gasteiger partial charge in [-0.05, 0) is 42.0 Å². The van der Waals surface area contributed by atoms with E-state index in [9.17, 15) is 9.59 Å². The van der Waals surface area contributed by atoms with Crippen LogP contribution in [0.2, 0.25) is 0 Å². The van der Waals surface area contributed by atoms with E-state index < -0.39 is 0 Å². The molecule has 0 spiro atoms. The SMILES string of the molecule is O=C(CCCc1nc(-c2cccs2)no1)Nc1cccc(CN2CCCC2=O)c1. The standard InChI is InChI=1S/C21H22N4O3S/c26-18(8-2-9-19-23-21(24-28-19)17-7-4-12-29-17)22-16-6-1-5-15(13-16)14-25-11-3-10-20(25)27/h1,4-7,12-13H,2-3,8-11,14H2,(H,22,26). The van der Waals surface area contributed by atoms with Crippen molar-refractivity contribution in [2.24, 2.45) is 0 Å². The summed E-state index contributed by atoms with van der Waals surface area (Å²) >= 11 is 1.56. The smallest absolute Gasteiger partial charge is 0.226 e. The highest BCUT2D eigenvalue weighted by Crippen LogP contribution is 2.22. The minimum atomic E-state index is -0.0580. The number of anilines is 1. The van der Waals surface area contributed by atoms with Gasteiger partial charge in [0.05, 0.1) is 4.88 Å². The molecular formula is C21H22N4O3S. The van der Waals surface area contributed by atoms with Gasteiger partial charge in [0, 0.05) is 38.0 Å². The minimum Gasteiger partial charge on any atom is -0.339 e. The molecule has 2 amide bonds. The number of rotatable bonds is 8. The molecule has 0 radical (unpaired) electrons. The number of benzene rings is 1. The van der Waals surface area contributed by atoms with Crippen molar-refractivity contribution in [3.05, 3.63) is 53.2 Å². The second kappa shape index (κ2) is 9.00. The molecule has 1 aliphatic rings. The number of carbonyl (C=O) groups is 2. The Labute approximate surface area is 172 Å². The number of carbonyl (C=O) groups excluding carboxylic acids is 2. The van der Waals surface area contributed by atoms with Crippen molar-refractivity contribution in [3.8, 4) is 10.7 Å². The first-order valence-electron chi connectivity index (χ1n) is 9.70. The minimum absolute atomic E-state index is 0.0580. The van der Waals surface area contributed by atoms with Crippen LogP contribution in [0.4, 0.5) is 5.69 Å². The lowest BCUT2D eigenvalue weighted by atomic mass is 10.1. The number of hydrogen-bond donors (Lipinski definition) is 1.